The van der Waals surface area contributed by atoms with Gasteiger partial charge in [-0.1, -0.05) is 35.4 Å². The normalized spacial score (nSPS) is 12.4. The molecule has 2 aromatic carbocycles. The molecule has 1 aromatic heterocycles. The maximum Gasteiger partial charge on any atom is 0.155 e. The van der Waals surface area contributed by atoms with Gasteiger partial charge in [0, 0.05) is 36.5 Å². The molecule has 0 unspecified atom stereocenters. The standard InChI is InChI=1S/C19H16N.C5H8O2.Ir/c1-14-10-15(2)12-18(11-14)17-8-9-20-19(13-17)16-6-4-3-5-7-16;1-4(6)3-5(2)7;/h3-6,8-13H,1-2H3;3,6H,1-2H3;/q-1;;/b;4-3-;/i1D3;;. The van der Waals surface area contributed by atoms with Crippen molar-refractivity contribution in [1.29, 1.82) is 0 Å². The molecule has 0 aliphatic heterocycles. The first-order chi connectivity index (χ1) is 14.1. The third-order valence-corrected chi connectivity index (χ3v) is 3.57. The average Bonchev–Trinajstić information content (AvgIpc) is 2.67. The van der Waals surface area contributed by atoms with Crippen molar-refractivity contribution in [3.63, 3.8) is 0 Å². The number of benzene rings is 2. The SMILES string of the molecule is CC(=O)/C=C(/C)O.[2H]C([2H])([2H])c1cc(C)cc(-c2ccnc(-c3[c-]cccc3)c2)c1.[Ir]. The van der Waals surface area contributed by atoms with Crippen LogP contribution < -0.4 is 0 Å². The molecule has 0 fully saturated rings. The van der Waals surface area contributed by atoms with Crippen LogP contribution in [0.4, 0.5) is 0 Å². The molecule has 3 aromatic rings. The van der Waals surface area contributed by atoms with E-state index in [0.29, 0.717) is 5.56 Å². The van der Waals surface area contributed by atoms with Crippen molar-refractivity contribution in [3.8, 4) is 22.4 Å². The van der Waals surface area contributed by atoms with Crippen molar-refractivity contribution in [2.24, 2.45) is 0 Å². The summed E-state index contributed by atoms with van der Waals surface area (Å²) < 4.78 is 22.9. The van der Waals surface area contributed by atoms with E-state index in [9.17, 15) is 4.79 Å². The van der Waals surface area contributed by atoms with Crippen LogP contribution >= 0.6 is 0 Å². The minimum atomic E-state index is -2.11. The second-order valence-corrected chi connectivity index (χ2v) is 6.19. The van der Waals surface area contributed by atoms with Crippen LogP contribution in [0.1, 0.15) is 29.1 Å². The summed E-state index contributed by atoms with van der Waals surface area (Å²) in [5.74, 6) is -0.0625. The largest absolute Gasteiger partial charge is 0.512 e. The van der Waals surface area contributed by atoms with Crippen molar-refractivity contribution in [2.45, 2.75) is 27.6 Å². The van der Waals surface area contributed by atoms with E-state index in [-0.39, 0.29) is 31.6 Å². The predicted octanol–water partition coefficient (Wildman–Crippen LogP) is 5.87. The Morgan fingerprint density at radius 2 is 1.86 bits per heavy atom. The van der Waals surface area contributed by atoms with Gasteiger partial charge in [0.05, 0.1) is 5.76 Å². The van der Waals surface area contributed by atoms with Crippen molar-refractivity contribution >= 4 is 5.78 Å². The molecule has 0 saturated carbocycles. The fourth-order valence-corrected chi connectivity index (χ4v) is 2.55. The van der Waals surface area contributed by atoms with Gasteiger partial charge in [0.25, 0.3) is 0 Å². The molecule has 1 radical (unpaired) electrons. The molecule has 28 heavy (non-hydrogen) atoms. The van der Waals surface area contributed by atoms with Crippen molar-refractivity contribution in [1.82, 2.24) is 4.98 Å². The molecule has 4 heteroatoms. The summed E-state index contributed by atoms with van der Waals surface area (Å²) in [6, 6.07) is 20.1. The number of aromatic nitrogens is 1. The maximum absolute atomic E-state index is 10.0. The zero-order valence-electron chi connectivity index (χ0n) is 19.0. The van der Waals surface area contributed by atoms with E-state index in [4.69, 9.17) is 9.22 Å². The Bertz CT molecular complexity index is 1040. The first kappa shape index (κ1) is 18.8. The number of hydrogen-bond acceptors (Lipinski definition) is 3. The summed E-state index contributed by atoms with van der Waals surface area (Å²) in [5.41, 5.74) is 4.85. The fraction of sp³-hybridized carbons (Fsp3) is 0.167. The van der Waals surface area contributed by atoms with Gasteiger partial charge in [-0.15, -0.1) is 35.9 Å². The first-order valence-electron chi connectivity index (χ1n) is 10.00. The van der Waals surface area contributed by atoms with Gasteiger partial charge in [-0.3, -0.25) is 4.79 Å². The van der Waals surface area contributed by atoms with E-state index in [1.807, 2.05) is 49.4 Å². The van der Waals surface area contributed by atoms with E-state index < -0.39 is 6.85 Å². The number of ketones is 1. The van der Waals surface area contributed by atoms with Gasteiger partial charge in [-0.25, -0.2) is 0 Å². The quantitative estimate of drug-likeness (QED) is 0.251. The van der Waals surface area contributed by atoms with Crippen LogP contribution in [0.15, 0.2) is 72.6 Å². The molecule has 0 aliphatic carbocycles. The van der Waals surface area contributed by atoms with Crippen LogP contribution in [0.25, 0.3) is 22.4 Å². The number of aliphatic hydroxyl groups is 1. The number of carbonyl (C=O) groups is 1. The molecule has 3 nitrogen and oxygen atoms in total. The van der Waals surface area contributed by atoms with E-state index in [0.717, 1.165) is 27.9 Å². The van der Waals surface area contributed by atoms with Gasteiger partial charge in [0.2, 0.25) is 0 Å². The molecular weight excluding hydrogens is 526 g/mol. The van der Waals surface area contributed by atoms with Crippen molar-refractivity contribution < 1.29 is 34.1 Å². The Balaban J connectivity index is 0.000000523. The molecule has 0 aliphatic rings. The zero-order valence-corrected chi connectivity index (χ0v) is 18.4. The third-order valence-electron chi connectivity index (χ3n) is 3.57. The Kier molecular flexibility index (Phi) is 7.60. The van der Waals surface area contributed by atoms with Gasteiger partial charge in [0.15, 0.2) is 5.78 Å². The second-order valence-electron chi connectivity index (χ2n) is 6.19. The number of hydrogen-bond donors (Lipinski definition) is 1. The van der Waals surface area contributed by atoms with Crippen LogP contribution in [0.2, 0.25) is 0 Å². The number of aliphatic hydroxyl groups excluding tert-OH is 1. The third kappa shape index (κ3) is 7.59. The summed E-state index contributed by atoms with van der Waals surface area (Å²) in [6.07, 6.45) is 2.91. The maximum atomic E-state index is 10.0. The van der Waals surface area contributed by atoms with Crippen LogP contribution in [-0.2, 0) is 24.9 Å². The van der Waals surface area contributed by atoms with Gasteiger partial charge >= 0.3 is 0 Å². The summed E-state index contributed by atoms with van der Waals surface area (Å²) in [6.45, 7) is 2.65. The molecule has 1 N–H and O–H groups in total. The fourth-order valence-electron chi connectivity index (χ4n) is 2.55. The van der Waals surface area contributed by atoms with Crippen LogP contribution in [0.5, 0.6) is 0 Å². The Labute approximate surface area is 184 Å². The zero-order chi connectivity index (χ0) is 22.3. The summed E-state index contributed by atoms with van der Waals surface area (Å²) in [7, 11) is 0. The molecule has 0 spiro atoms. The van der Waals surface area contributed by atoms with Crippen LogP contribution in [-0.4, -0.2) is 15.9 Å². The Hall–Kier alpha value is -2.55. The minimum Gasteiger partial charge on any atom is -0.512 e. The van der Waals surface area contributed by atoms with Gasteiger partial charge in [-0.2, -0.15) is 0 Å². The van der Waals surface area contributed by atoms with Crippen LogP contribution in [0.3, 0.4) is 0 Å². The number of allylic oxidation sites excluding steroid dienone is 2. The number of nitrogens with zero attached hydrogens (tertiary/aromatic N) is 1. The van der Waals surface area contributed by atoms with Gasteiger partial charge < -0.3 is 10.1 Å². The average molecular weight is 554 g/mol. The first-order valence-corrected chi connectivity index (χ1v) is 8.50. The summed E-state index contributed by atoms with van der Waals surface area (Å²) in [5, 5.41) is 8.36. The molecular formula is C24H24IrNO2-. The smallest absolute Gasteiger partial charge is 0.155 e. The second kappa shape index (κ2) is 11.3. The summed E-state index contributed by atoms with van der Waals surface area (Å²) >= 11 is 0. The van der Waals surface area contributed by atoms with E-state index in [1.54, 1.807) is 18.3 Å². The minimum absolute atomic E-state index is 0. The molecule has 0 bridgehead atoms. The molecule has 147 valence electrons. The molecule has 0 atom stereocenters. The predicted molar refractivity (Wildman–Crippen MR) is 110 cm³/mol. The molecule has 0 amide bonds. The van der Waals surface area contributed by atoms with Gasteiger partial charge in [0.1, 0.15) is 0 Å². The Morgan fingerprint density at radius 1 is 1.11 bits per heavy atom. The summed E-state index contributed by atoms with van der Waals surface area (Å²) in [4.78, 5) is 14.4. The van der Waals surface area contributed by atoms with E-state index in [1.165, 1.54) is 19.9 Å². The molecule has 3 rings (SSSR count). The number of pyridine rings is 1. The van der Waals surface area contributed by atoms with E-state index >= 15 is 0 Å². The monoisotopic (exact) mass is 554 g/mol. The van der Waals surface area contributed by atoms with Gasteiger partial charge in [-0.05, 0) is 50.5 Å². The molecule has 0 saturated heterocycles. The Morgan fingerprint density at radius 3 is 2.43 bits per heavy atom. The molecule has 1 heterocycles. The van der Waals surface area contributed by atoms with Crippen molar-refractivity contribution in [3.05, 3.63) is 89.8 Å². The van der Waals surface area contributed by atoms with Crippen molar-refractivity contribution in [2.75, 3.05) is 0 Å². The number of aryl methyl sites for hydroxylation is 2. The number of carbonyl (C=O) groups excluding carboxylic acids is 1. The topological polar surface area (TPSA) is 50.2 Å². The van der Waals surface area contributed by atoms with Crippen LogP contribution in [0, 0.1) is 19.8 Å². The number of rotatable bonds is 3. The van der Waals surface area contributed by atoms with E-state index in [2.05, 4.69) is 11.1 Å².